The number of aromatic nitrogens is 3. The number of H-pyrrole nitrogens is 2. The Kier molecular flexibility index (Phi) is 11.0. The SMILES string of the molecule is Cc1c(NC(=O)c2[nH]cc(NC(=O)c3c(C)c(-c4ccc(S(=O)(=O)CCCl)cc4)cn3NC=O)c2C)c[nH]c1C(=O)NCCNC(=N)N. The third kappa shape index (κ3) is 7.69. The Labute approximate surface area is 280 Å². The van der Waals surface area contributed by atoms with Crippen molar-refractivity contribution >= 4 is 62.9 Å². The molecule has 16 nitrogen and oxygen atoms in total. The van der Waals surface area contributed by atoms with Crippen LogP contribution >= 0.6 is 11.6 Å². The van der Waals surface area contributed by atoms with Gasteiger partial charge in [-0.1, -0.05) is 12.1 Å². The molecule has 0 fully saturated rings. The van der Waals surface area contributed by atoms with Crippen LogP contribution in [0.15, 0.2) is 47.8 Å². The van der Waals surface area contributed by atoms with Crippen molar-refractivity contribution in [3.63, 3.8) is 0 Å². The maximum atomic E-state index is 13.5. The van der Waals surface area contributed by atoms with Crippen LogP contribution in [0.2, 0.25) is 0 Å². The molecule has 0 saturated carbocycles. The molecule has 0 atom stereocenters. The van der Waals surface area contributed by atoms with Crippen molar-refractivity contribution in [1.82, 2.24) is 25.3 Å². The van der Waals surface area contributed by atoms with E-state index in [0.717, 1.165) is 0 Å². The summed E-state index contributed by atoms with van der Waals surface area (Å²) in [6, 6.07) is 6.12. The van der Waals surface area contributed by atoms with Gasteiger partial charge in [0.25, 0.3) is 17.7 Å². The summed E-state index contributed by atoms with van der Waals surface area (Å²) in [6.45, 7) is 5.48. The molecule has 0 radical (unpaired) electrons. The number of benzene rings is 1. The van der Waals surface area contributed by atoms with Crippen LogP contribution in [0.1, 0.15) is 48.2 Å². The Morgan fingerprint density at radius 2 is 1.46 bits per heavy atom. The molecular formula is C30H35ClN10O6S. The number of amides is 4. The van der Waals surface area contributed by atoms with E-state index in [2.05, 4.69) is 36.7 Å². The summed E-state index contributed by atoms with van der Waals surface area (Å²) >= 11 is 5.62. The second kappa shape index (κ2) is 14.9. The number of carbonyl (C=O) groups is 4. The monoisotopic (exact) mass is 698 g/mol. The molecule has 3 aromatic heterocycles. The van der Waals surface area contributed by atoms with E-state index in [4.69, 9.17) is 22.7 Å². The fourth-order valence-corrected chi connectivity index (χ4v) is 6.54. The smallest absolute Gasteiger partial charge is 0.274 e. The minimum Gasteiger partial charge on any atom is -0.370 e. The minimum absolute atomic E-state index is 0.0357. The van der Waals surface area contributed by atoms with Gasteiger partial charge in [0.15, 0.2) is 15.8 Å². The first-order valence-corrected chi connectivity index (χ1v) is 16.6. The molecular weight excluding hydrogens is 664 g/mol. The molecule has 18 heteroatoms. The number of carbonyl (C=O) groups excluding carboxylic acids is 4. The highest BCUT2D eigenvalue weighted by Crippen LogP contribution is 2.30. The molecule has 4 amide bonds. The zero-order valence-corrected chi connectivity index (χ0v) is 27.8. The number of hydrogen-bond acceptors (Lipinski definition) is 7. The first-order valence-electron chi connectivity index (χ1n) is 14.4. The lowest BCUT2D eigenvalue weighted by Gasteiger charge is -2.10. The Bertz CT molecular complexity index is 1980. The molecule has 0 unspecified atom stereocenters. The van der Waals surface area contributed by atoms with Crippen LogP contribution in [-0.4, -0.2) is 77.9 Å². The van der Waals surface area contributed by atoms with Gasteiger partial charge in [-0.3, -0.25) is 34.7 Å². The van der Waals surface area contributed by atoms with E-state index in [0.29, 0.717) is 45.6 Å². The number of sulfone groups is 1. The highest BCUT2D eigenvalue weighted by Gasteiger charge is 2.24. The van der Waals surface area contributed by atoms with Gasteiger partial charge in [-0.25, -0.2) is 8.42 Å². The molecule has 0 aliphatic carbocycles. The van der Waals surface area contributed by atoms with Crippen LogP contribution < -0.4 is 32.4 Å². The molecule has 0 saturated heterocycles. The highest BCUT2D eigenvalue weighted by molar-refractivity contribution is 7.91. The van der Waals surface area contributed by atoms with Gasteiger partial charge >= 0.3 is 0 Å². The number of nitrogens with zero attached hydrogens (tertiary/aromatic N) is 1. The van der Waals surface area contributed by atoms with Gasteiger partial charge in [0, 0.05) is 54.3 Å². The Hall–Kier alpha value is -5.55. The second-order valence-electron chi connectivity index (χ2n) is 10.6. The fourth-order valence-electron chi connectivity index (χ4n) is 4.94. The van der Waals surface area contributed by atoms with Crippen LogP contribution in [-0.2, 0) is 14.6 Å². The number of rotatable bonds is 14. The van der Waals surface area contributed by atoms with E-state index in [-0.39, 0.29) is 52.7 Å². The summed E-state index contributed by atoms with van der Waals surface area (Å²) in [4.78, 5) is 56.5. The molecule has 0 spiro atoms. The quantitative estimate of drug-likeness (QED) is 0.0310. The van der Waals surface area contributed by atoms with Crippen molar-refractivity contribution in [1.29, 1.82) is 5.41 Å². The molecule has 0 bridgehead atoms. The summed E-state index contributed by atoms with van der Waals surface area (Å²) in [6.07, 6.45) is 4.89. The average Bonchev–Trinajstić information content (AvgIpc) is 3.69. The summed E-state index contributed by atoms with van der Waals surface area (Å²) in [5.74, 6) is -1.95. The van der Waals surface area contributed by atoms with Gasteiger partial charge in [0.1, 0.15) is 17.1 Å². The third-order valence-electron chi connectivity index (χ3n) is 7.49. The molecule has 254 valence electrons. The molecule has 1 aromatic carbocycles. The molecule has 10 N–H and O–H groups in total. The normalized spacial score (nSPS) is 11.1. The standard InChI is InChI=1S/C30H35ClN10O6S/c1-16-21(19-4-6-20(7-5-19)48(46,47)11-8-31)14-41(38-15-42)26(16)29(45)40-23-13-37-25(18(23)3)28(44)39-22-12-36-24(17(22)2)27(43)34-9-10-35-30(32)33/h4-7,12-15,36-37H,8-11H2,1-3H3,(H,34,43)(H,38,42)(H,39,44)(H,40,45)(H4,32,33,35). The molecule has 4 rings (SSSR count). The van der Waals surface area contributed by atoms with Gasteiger partial charge in [0.2, 0.25) is 6.41 Å². The predicted molar refractivity (Wildman–Crippen MR) is 182 cm³/mol. The lowest BCUT2D eigenvalue weighted by atomic mass is 10.0. The van der Waals surface area contributed by atoms with Gasteiger partial charge in [-0.05, 0) is 44.0 Å². The van der Waals surface area contributed by atoms with Crippen molar-refractivity contribution in [3.8, 4) is 11.1 Å². The number of halogens is 1. The maximum Gasteiger partial charge on any atom is 0.274 e. The van der Waals surface area contributed by atoms with E-state index in [1.807, 2.05) is 0 Å². The fraction of sp³-hybridized carbons (Fsp3) is 0.233. The van der Waals surface area contributed by atoms with Gasteiger partial charge in [-0.2, -0.15) is 0 Å². The Morgan fingerprint density at radius 1 is 0.896 bits per heavy atom. The summed E-state index contributed by atoms with van der Waals surface area (Å²) in [5, 5.41) is 17.9. The molecule has 0 aliphatic heterocycles. The van der Waals surface area contributed by atoms with E-state index in [9.17, 15) is 27.6 Å². The zero-order chi connectivity index (χ0) is 35.2. The van der Waals surface area contributed by atoms with Gasteiger partial charge in [-0.15, -0.1) is 11.6 Å². The molecule has 3 heterocycles. The molecule has 4 aromatic rings. The van der Waals surface area contributed by atoms with E-state index in [1.54, 1.807) is 39.1 Å². The highest BCUT2D eigenvalue weighted by atomic mass is 35.5. The van der Waals surface area contributed by atoms with Crippen LogP contribution in [0.3, 0.4) is 0 Å². The second-order valence-corrected chi connectivity index (χ2v) is 13.1. The Balaban J connectivity index is 1.49. The predicted octanol–water partition coefficient (Wildman–Crippen LogP) is 2.17. The van der Waals surface area contributed by atoms with E-state index >= 15 is 0 Å². The van der Waals surface area contributed by atoms with Crippen LogP contribution in [0.4, 0.5) is 11.4 Å². The van der Waals surface area contributed by atoms with Crippen LogP contribution in [0.25, 0.3) is 11.1 Å². The lowest BCUT2D eigenvalue weighted by molar-refractivity contribution is -0.106. The maximum absolute atomic E-state index is 13.5. The van der Waals surface area contributed by atoms with E-state index < -0.39 is 27.6 Å². The first kappa shape index (κ1) is 35.3. The first-order chi connectivity index (χ1) is 22.8. The third-order valence-corrected chi connectivity index (χ3v) is 9.64. The van der Waals surface area contributed by atoms with Gasteiger partial charge in [0.05, 0.1) is 22.0 Å². The minimum atomic E-state index is -3.54. The summed E-state index contributed by atoms with van der Waals surface area (Å²) < 4.78 is 26.0. The van der Waals surface area contributed by atoms with Crippen LogP contribution in [0.5, 0.6) is 0 Å². The summed E-state index contributed by atoms with van der Waals surface area (Å²) in [7, 11) is -3.54. The van der Waals surface area contributed by atoms with E-state index in [1.165, 1.54) is 29.2 Å². The lowest BCUT2D eigenvalue weighted by Crippen LogP contribution is -2.37. The van der Waals surface area contributed by atoms with Crippen molar-refractivity contribution in [3.05, 3.63) is 76.6 Å². The zero-order valence-electron chi connectivity index (χ0n) is 26.2. The van der Waals surface area contributed by atoms with Crippen LogP contribution in [0, 0.1) is 26.2 Å². The number of anilines is 2. The average molecular weight is 699 g/mol. The van der Waals surface area contributed by atoms with Crippen molar-refractivity contribution < 1.29 is 27.6 Å². The Morgan fingerprint density at radius 3 is 2.02 bits per heavy atom. The van der Waals surface area contributed by atoms with Crippen molar-refractivity contribution in [2.75, 3.05) is 40.8 Å². The largest absolute Gasteiger partial charge is 0.370 e. The number of aromatic amines is 2. The molecule has 48 heavy (non-hydrogen) atoms. The van der Waals surface area contributed by atoms with Crippen molar-refractivity contribution in [2.45, 2.75) is 25.7 Å². The molecule has 0 aliphatic rings. The van der Waals surface area contributed by atoms with Gasteiger partial charge < -0.3 is 37.0 Å². The number of alkyl halides is 1. The summed E-state index contributed by atoms with van der Waals surface area (Å²) in [5.41, 5.74) is 11.5. The van der Waals surface area contributed by atoms with Crippen molar-refractivity contribution in [2.24, 2.45) is 5.73 Å². The number of hydrogen-bond donors (Lipinski definition) is 9. The number of nitrogens with one attached hydrogen (secondary N) is 8. The number of nitrogens with two attached hydrogens (primary N) is 1. The topological polar surface area (TPSA) is 249 Å². The number of guanidine groups is 1.